The molecule has 38 heavy (non-hydrogen) atoms. The number of benzene rings is 3. The van der Waals surface area contributed by atoms with Crippen LogP contribution in [0.3, 0.4) is 0 Å². The Morgan fingerprint density at radius 2 is 1.68 bits per heavy atom. The number of hydrazone groups is 1. The fraction of sp³-hybridized carbons (Fsp3) is 0.107. The summed E-state index contributed by atoms with van der Waals surface area (Å²) in [6, 6.07) is 19.2. The zero-order valence-electron chi connectivity index (χ0n) is 20.6. The standard InChI is InChI=1S/C28H25BrN4O3S2/c1-4-16-32(17-5-2)38(35,36)24-13-9-22(10-14-24)27(34)33(30-19-21-7-11-23(29)12-8-21)28-31-25-15-6-20(3)18-26(25)37-28/h4-15,18-19H,1-2,16-17H2,3H3/b30-19+. The molecule has 0 fully saturated rings. The molecule has 0 saturated carbocycles. The predicted molar refractivity (Wildman–Crippen MR) is 158 cm³/mol. The van der Waals surface area contributed by atoms with E-state index in [0.29, 0.717) is 5.13 Å². The van der Waals surface area contributed by atoms with E-state index in [-0.39, 0.29) is 23.5 Å². The molecule has 0 bridgehead atoms. The molecular formula is C28H25BrN4O3S2. The first-order valence-electron chi connectivity index (χ1n) is 11.6. The van der Waals surface area contributed by atoms with Crippen molar-refractivity contribution in [1.82, 2.24) is 9.29 Å². The molecule has 0 aliphatic rings. The molecule has 194 valence electrons. The Bertz CT molecular complexity index is 1600. The molecule has 0 N–H and O–H groups in total. The molecule has 0 unspecified atom stereocenters. The summed E-state index contributed by atoms with van der Waals surface area (Å²) in [6.07, 6.45) is 4.61. The average Bonchev–Trinajstić information content (AvgIpc) is 3.32. The summed E-state index contributed by atoms with van der Waals surface area (Å²) in [5.41, 5.74) is 2.92. The molecule has 0 aliphatic carbocycles. The van der Waals surface area contributed by atoms with Gasteiger partial charge in [0.2, 0.25) is 15.2 Å². The number of sulfonamides is 1. The molecule has 0 spiro atoms. The molecule has 1 amide bonds. The number of carbonyl (C=O) groups excluding carboxylic acids is 1. The van der Waals surface area contributed by atoms with E-state index < -0.39 is 15.9 Å². The Balaban J connectivity index is 1.70. The molecule has 1 heterocycles. The van der Waals surface area contributed by atoms with Gasteiger partial charge in [-0.05, 0) is 66.6 Å². The Labute approximate surface area is 234 Å². The number of fused-ring (bicyclic) bond motifs is 1. The van der Waals surface area contributed by atoms with E-state index in [1.54, 1.807) is 6.21 Å². The zero-order chi connectivity index (χ0) is 27.3. The molecule has 7 nitrogen and oxygen atoms in total. The Morgan fingerprint density at radius 3 is 2.32 bits per heavy atom. The highest BCUT2D eigenvalue weighted by atomic mass is 79.9. The zero-order valence-corrected chi connectivity index (χ0v) is 23.8. The highest BCUT2D eigenvalue weighted by molar-refractivity contribution is 9.10. The molecule has 0 atom stereocenters. The second-order valence-corrected chi connectivity index (χ2v) is 12.2. The molecule has 3 aromatic carbocycles. The van der Waals surface area contributed by atoms with Crippen LogP contribution < -0.4 is 5.01 Å². The van der Waals surface area contributed by atoms with Gasteiger partial charge in [0.05, 0.1) is 21.3 Å². The number of amides is 1. The maximum absolute atomic E-state index is 13.6. The minimum Gasteiger partial charge on any atom is -0.267 e. The minimum atomic E-state index is -3.79. The summed E-state index contributed by atoms with van der Waals surface area (Å²) < 4.78 is 29.2. The third-order valence-electron chi connectivity index (χ3n) is 5.50. The smallest absolute Gasteiger partial charge is 0.267 e. The molecule has 0 saturated heterocycles. The fourth-order valence-corrected chi connectivity index (χ4v) is 6.24. The Morgan fingerprint density at radius 1 is 1.03 bits per heavy atom. The van der Waals surface area contributed by atoms with E-state index in [0.717, 1.165) is 25.8 Å². The van der Waals surface area contributed by atoms with Crippen LogP contribution in [0.5, 0.6) is 0 Å². The predicted octanol–water partition coefficient (Wildman–Crippen LogP) is 6.41. The topological polar surface area (TPSA) is 82.9 Å². The van der Waals surface area contributed by atoms with Gasteiger partial charge < -0.3 is 0 Å². The van der Waals surface area contributed by atoms with Gasteiger partial charge in [0.15, 0.2) is 0 Å². The van der Waals surface area contributed by atoms with Crippen molar-refractivity contribution < 1.29 is 13.2 Å². The fourth-order valence-electron chi connectivity index (χ4n) is 3.57. The van der Waals surface area contributed by atoms with Crippen molar-refractivity contribution >= 4 is 64.8 Å². The van der Waals surface area contributed by atoms with Crippen LogP contribution in [-0.4, -0.2) is 42.9 Å². The quantitative estimate of drug-likeness (QED) is 0.118. The van der Waals surface area contributed by atoms with E-state index in [1.807, 2.05) is 49.4 Å². The minimum absolute atomic E-state index is 0.0677. The molecule has 10 heteroatoms. The third kappa shape index (κ3) is 6.16. The van der Waals surface area contributed by atoms with Gasteiger partial charge in [-0.2, -0.15) is 14.4 Å². The lowest BCUT2D eigenvalue weighted by Gasteiger charge is -2.19. The van der Waals surface area contributed by atoms with Crippen molar-refractivity contribution in [3.8, 4) is 0 Å². The van der Waals surface area contributed by atoms with Gasteiger partial charge in [0.25, 0.3) is 5.91 Å². The molecule has 4 rings (SSSR count). The van der Waals surface area contributed by atoms with Crippen LogP contribution in [0.2, 0.25) is 0 Å². The summed E-state index contributed by atoms with van der Waals surface area (Å²) in [6.45, 7) is 9.54. The highest BCUT2D eigenvalue weighted by Gasteiger charge is 2.25. The maximum atomic E-state index is 13.6. The number of halogens is 1. The van der Waals surface area contributed by atoms with Crippen LogP contribution >= 0.6 is 27.3 Å². The second-order valence-electron chi connectivity index (χ2n) is 8.30. The normalized spacial score (nSPS) is 11.8. The van der Waals surface area contributed by atoms with Crippen LogP contribution in [0.1, 0.15) is 21.5 Å². The molecule has 4 aromatic rings. The van der Waals surface area contributed by atoms with E-state index >= 15 is 0 Å². The first-order chi connectivity index (χ1) is 18.2. The lowest BCUT2D eigenvalue weighted by atomic mass is 10.2. The van der Waals surface area contributed by atoms with E-state index in [1.165, 1.54) is 57.1 Å². The maximum Gasteiger partial charge on any atom is 0.280 e. The van der Waals surface area contributed by atoms with Gasteiger partial charge >= 0.3 is 0 Å². The number of hydrogen-bond acceptors (Lipinski definition) is 6. The number of aromatic nitrogens is 1. The lowest BCUT2D eigenvalue weighted by Crippen LogP contribution is -2.31. The van der Waals surface area contributed by atoms with E-state index in [2.05, 4.69) is 39.2 Å². The molecule has 1 aromatic heterocycles. The van der Waals surface area contributed by atoms with Crippen LogP contribution in [0.4, 0.5) is 5.13 Å². The first kappa shape index (κ1) is 27.6. The second kappa shape index (κ2) is 12.0. The summed E-state index contributed by atoms with van der Waals surface area (Å²) >= 11 is 4.77. The number of thiazole rings is 1. The SMILES string of the molecule is C=CCN(CC=C)S(=O)(=O)c1ccc(C(=O)N(/N=C/c2ccc(Br)cc2)c2nc3ccc(C)cc3s2)cc1. The lowest BCUT2D eigenvalue weighted by molar-refractivity contribution is 0.0987. The van der Waals surface area contributed by atoms with Crippen molar-refractivity contribution in [3.05, 3.63) is 113 Å². The third-order valence-corrected chi connectivity index (χ3v) is 8.87. The van der Waals surface area contributed by atoms with Crippen LogP contribution in [0, 0.1) is 6.92 Å². The highest BCUT2D eigenvalue weighted by Crippen LogP contribution is 2.31. The largest absolute Gasteiger partial charge is 0.280 e. The van der Waals surface area contributed by atoms with Crippen molar-refractivity contribution in [2.24, 2.45) is 5.10 Å². The van der Waals surface area contributed by atoms with Crippen LogP contribution in [0.25, 0.3) is 10.2 Å². The van der Waals surface area contributed by atoms with Crippen molar-refractivity contribution in [2.75, 3.05) is 18.1 Å². The van der Waals surface area contributed by atoms with Gasteiger partial charge in [-0.3, -0.25) is 4.79 Å². The molecule has 0 radical (unpaired) electrons. The summed E-state index contributed by atoms with van der Waals surface area (Å²) in [5.74, 6) is -0.438. The summed E-state index contributed by atoms with van der Waals surface area (Å²) in [4.78, 5) is 18.3. The van der Waals surface area contributed by atoms with Gasteiger partial charge in [-0.1, -0.05) is 57.6 Å². The average molecular weight is 610 g/mol. The number of rotatable bonds is 10. The number of nitrogens with zero attached hydrogens (tertiary/aromatic N) is 4. The van der Waals surface area contributed by atoms with Gasteiger partial charge in [-0.25, -0.2) is 13.4 Å². The number of anilines is 1. The Hall–Kier alpha value is -3.44. The molecule has 0 aliphatic heterocycles. The van der Waals surface area contributed by atoms with Crippen molar-refractivity contribution in [1.29, 1.82) is 0 Å². The summed E-state index contributed by atoms with van der Waals surface area (Å²) in [5, 5.41) is 6.13. The Kier molecular flexibility index (Phi) is 8.68. The van der Waals surface area contributed by atoms with E-state index in [9.17, 15) is 13.2 Å². The summed E-state index contributed by atoms with van der Waals surface area (Å²) in [7, 11) is -3.79. The van der Waals surface area contributed by atoms with Gasteiger partial charge in [-0.15, -0.1) is 13.2 Å². The number of carbonyl (C=O) groups is 1. The van der Waals surface area contributed by atoms with E-state index in [4.69, 9.17) is 0 Å². The van der Waals surface area contributed by atoms with Crippen molar-refractivity contribution in [3.63, 3.8) is 0 Å². The monoisotopic (exact) mass is 608 g/mol. The van der Waals surface area contributed by atoms with Crippen LogP contribution in [0.15, 0.2) is 107 Å². The number of hydrogen-bond donors (Lipinski definition) is 0. The van der Waals surface area contributed by atoms with Gasteiger partial charge in [0, 0.05) is 23.1 Å². The van der Waals surface area contributed by atoms with Gasteiger partial charge in [0.1, 0.15) is 0 Å². The number of aryl methyl sites for hydroxylation is 1. The molecular weight excluding hydrogens is 584 g/mol. The van der Waals surface area contributed by atoms with Crippen molar-refractivity contribution in [2.45, 2.75) is 11.8 Å². The van der Waals surface area contributed by atoms with Crippen LogP contribution in [-0.2, 0) is 10.0 Å². The first-order valence-corrected chi connectivity index (χ1v) is 14.6.